The van der Waals surface area contributed by atoms with Crippen molar-refractivity contribution in [3.05, 3.63) is 29.1 Å². The molecule has 0 amide bonds. The molecule has 0 aliphatic rings. The van der Waals surface area contributed by atoms with E-state index in [1.165, 1.54) is 19.1 Å². The Morgan fingerprint density at radius 2 is 1.86 bits per heavy atom. The van der Waals surface area contributed by atoms with Gasteiger partial charge in [0.15, 0.2) is 17.6 Å². The minimum atomic E-state index is -1.60. The molecule has 0 spiro atoms. The summed E-state index contributed by atoms with van der Waals surface area (Å²) in [5.74, 6) is -6.13. The van der Waals surface area contributed by atoms with Gasteiger partial charge in [0, 0.05) is 11.6 Å². The van der Waals surface area contributed by atoms with Crippen LogP contribution in [0.4, 0.5) is 23.3 Å². The summed E-state index contributed by atoms with van der Waals surface area (Å²) in [6, 6.07) is 3.44. The average Bonchev–Trinajstić information content (AvgIpc) is 2.51. The first-order valence-corrected chi connectivity index (χ1v) is 6.33. The van der Waals surface area contributed by atoms with E-state index in [9.17, 15) is 17.7 Å². The minimum Gasteiger partial charge on any atom is -0.206 e. The van der Waals surface area contributed by atoms with Crippen molar-refractivity contribution in [2.24, 2.45) is 11.0 Å². The molecule has 1 aromatic carbocycles. The Bertz CT molecular complexity index is 646. The van der Waals surface area contributed by atoms with E-state index in [4.69, 9.17) is 10.5 Å². The van der Waals surface area contributed by atoms with E-state index < -0.39 is 45.8 Å². The molecule has 1 atom stereocenters. The van der Waals surface area contributed by atoms with E-state index in [-0.39, 0.29) is 0 Å². The smallest absolute Gasteiger partial charge is 0.187 e. The normalized spacial score (nSPS) is 12.2. The van der Waals surface area contributed by atoms with Crippen molar-refractivity contribution >= 4 is 11.9 Å². The molecule has 1 rings (SSSR count). The Morgan fingerprint density at radius 3 is 2.36 bits per heavy atom. The summed E-state index contributed by atoms with van der Waals surface area (Å²) < 4.78 is 55.2. The third-order valence-corrected chi connectivity index (χ3v) is 3.07. The lowest BCUT2D eigenvalue weighted by Crippen LogP contribution is -2.12. The molecule has 0 saturated heterocycles. The fraction of sp³-hybridized carbons (Fsp3) is 0.357. The zero-order chi connectivity index (χ0) is 16.9. The van der Waals surface area contributed by atoms with E-state index in [0.29, 0.717) is 18.7 Å². The summed E-state index contributed by atoms with van der Waals surface area (Å²) in [7, 11) is 0. The maximum atomic E-state index is 13.9. The molecule has 4 nitrogen and oxygen atoms in total. The van der Waals surface area contributed by atoms with E-state index >= 15 is 0 Å². The highest BCUT2D eigenvalue weighted by atomic mass is 19.2. The van der Waals surface area contributed by atoms with Crippen LogP contribution in [0.5, 0.6) is 0 Å². The van der Waals surface area contributed by atoms with Gasteiger partial charge < -0.3 is 0 Å². The maximum Gasteiger partial charge on any atom is 0.187 e. The molecule has 22 heavy (non-hydrogen) atoms. The second kappa shape index (κ2) is 7.41. The van der Waals surface area contributed by atoms with Crippen LogP contribution in [0.1, 0.15) is 31.7 Å². The Labute approximate surface area is 124 Å². The van der Waals surface area contributed by atoms with Crippen LogP contribution in [-0.2, 0) is 0 Å². The van der Waals surface area contributed by atoms with Crippen molar-refractivity contribution < 1.29 is 17.7 Å². The van der Waals surface area contributed by atoms with Crippen LogP contribution in [0, 0.1) is 46.0 Å². The van der Waals surface area contributed by atoms with Gasteiger partial charge in [0.2, 0.25) is 0 Å². The van der Waals surface area contributed by atoms with Crippen LogP contribution in [-0.4, -0.2) is 6.21 Å². The Kier molecular flexibility index (Phi) is 5.88. The molecule has 0 N–H and O–H groups in total. The highest BCUT2D eigenvalue weighted by Gasteiger charge is 2.25. The van der Waals surface area contributed by atoms with E-state index in [2.05, 4.69) is 5.10 Å². The molecule has 0 aliphatic carbocycles. The molecule has 1 unspecified atom stereocenters. The molecular formula is C14H12F4N4. The number of hydrogen-bond donors (Lipinski definition) is 0. The molecule has 8 heteroatoms. The van der Waals surface area contributed by atoms with Crippen LogP contribution in [0.3, 0.4) is 0 Å². The van der Waals surface area contributed by atoms with Gasteiger partial charge in [-0.05, 0) is 12.3 Å². The highest BCUT2D eigenvalue weighted by molar-refractivity contribution is 5.69. The lowest BCUT2D eigenvalue weighted by Gasteiger charge is -2.15. The van der Waals surface area contributed by atoms with Gasteiger partial charge in [-0.25, -0.2) is 13.2 Å². The Hall–Kier alpha value is -2.61. The predicted molar refractivity (Wildman–Crippen MR) is 71.8 cm³/mol. The largest absolute Gasteiger partial charge is 0.206 e. The molecule has 0 aliphatic heterocycles. The number of benzene rings is 1. The van der Waals surface area contributed by atoms with Gasteiger partial charge in [-0.1, -0.05) is 23.6 Å². The topological polar surface area (TPSA) is 63.2 Å². The second-order valence-corrected chi connectivity index (χ2v) is 4.49. The van der Waals surface area contributed by atoms with E-state index in [0.717, 1.165) is 0 Å². The Morgan fingerprint density at radius 1 is 1.27 bits per heavy atom. The zero-order valence-electron chi connectivity index (χ0n) is 11.8. The molecule has 116 valence electrons. The molecule has 0 aromatic heterocycles. The molecule has 0 saturated carbocycles. The number of nitriles is 2. The number of hydrogen-bond acceptors (Lipinski definition) is 4. The van der Waals surface area contributed by atoms with Crippen LogP contribution >= 0.6 is 0 Å². The van der Waals surface area contributed by atoms with E-state index in [1.807, 2.05) is 0 Å². The van der Waals surface area contributed by atoms with Crippen LogP contribution in [0.2, 0.25) is 0 Å². The van der Waals surface area contributed by atoms with Gasteiger partial charge in [-0.15, -0.1) is 0 Å². The van der Waals surface area contributed by atoms with Crippen molar-refractivity contribution in [2.75, 3.05) is 5.23 Å². The lowest BCUT2D eigenvalue weighted by molar-refractivity contribution is 0.414. The SMILES string of the molecule is CCC(C)c1c(F)cc(N(F)N=CC(C#N)C#N)c(F)c1F. The molecule has 0 heterocycles. The van der Waals surface area contributed by atoms with Gasteiger partial charge in [0.25, 0.3) is 0 Å². The van der Waals surface area contributed by atoms with Crippen molar-refractivity contribution in [2.45, 2.75) is 26.2 Å². The minimum absolute atomic E-state index is 0.371. The van der Waals surface area contributed by atoms with Gasteiger partial charge in [-0.2, -0.15) is 15.6 Å². The summed E-state index contributed by atoms with van der Waals surface area (Å²) >= 11 is 0. The molecule has 1 aromatic rings. The van der Waals surface area contributed by atoms with Crippen molar-refractivity contribution in [3.63, 3.8) is 0 Å². The number of anilines is 1. The van der Waals surface area contributed by atoms with E-state index in [1.54, 1.807) is 6.92 Å². The number of hydrazone groups is 1. The first-order valence-electron chi connectivity index (χ1n) is 6.33. The number of rotatable bonds is 5. The zero-order valence-corrected chi connectivity index (χ0v) is 11.8. The quantitative estimate of drug-likeness (QED) is 0.272. The first-order chi connectivity index (χ1) is 10.4. The fourth-order valence-electron chi connectivity index (χ4n) is 1.67. The Balaban J connectivity index is 3.23. The maximum absolute atomic E-state index is 13.9. The number of halogens is 4. The van der Waals surface area contributed by atoms with Gasteiger partial charge in [0.05, 0.1) is 18.4 Å². The van der Waals surface area contributed by atoms with Gasteiger partial charge >= 0.3 is 0 Å². The first kappa shape index (κ1) is 17.4. The summed E-state index contributed by atoms with van der Waals surface area (Å²) in [6.45, 7) is 3.18. The monoisotopic (exact) mass is 312 g/mol. The summed E-state index contributed by atoms with van der Waals surface area (Å²) in [4.78, 5) is 0. The van der Waals surface area contributed by atoms with Crippen molar-refractivity contribution in [1.29, 1.82) is 10.5 Å². The summed E-state index contributed by atoms with van der Waals surface area (Å²) in [5.41, 5.74) is -1.54. The average molecular weight is 312 g/mol. The third-order valence-electron chi connectivity index (χ3n) is 3.07. The summed E-state index contributed by atoms with van der Waals surface area (Å²) in [6.07, 6.45) is 0.966. The molecule has 0 bridgehead atoms. The van der Waals surface area contributed by atoms with Crippen molar-refractivity contribution in [3.8, 4) is 12.1 Å². The van der Waals surface area contributed by atoms with Crippen LogP contribution in [0.15, 0.2) is 11.2 Å². The number of nitrogens with zero attached hydrogens (tertiary/aromatic N) is 4. The molecular weight excluding hydrogens is 300 g/mol. The highest BCUT2D eigenvalue weighted by Crippen LogP contribution is 2.32. The third kappa shape index (κ3) is 3.53. The van der Waals surface area contributed by atoms with Crippen LogP contribution in [0.25, 0.3) is 0 Å². The standard InChI is InChI=1S/C14H12F4N4/c1-3-8(2)12-10(15)4-11(13(16)14(12)17)22(18)21-7-9(5-19)6-20/h4,7-9H,3H2,1-2H3. The van der Waals surface area contributed by atoms with Gasteiger partial charge in [0.1, 0.15) is 11.5 Å². The fourth-order valence-corrected chi connectivity index (χ4v) is 1.67. The van der Waals surface area contributed by atoms with Gasteiger partial charge in [-0.3, -0.25) is 0 Å². The molecule has 0 radical (unpaired) electrons. The van der Waals surface area contributed by atoms with Crippen LogP contribution < -0.4 is 5.23 Å². The van der Waals surface area contributed by atoms with Crippen molar-refractivity contribution in [1.82, 2.24) is 0 Å². The lowest BCUT2D eigenvalue weighted by atomic mass is 9.97. The summed E-state index contributed by atoms with van der Waals surface area (Å²) in [5, 5.41) is 19.3. The molecule has 0 fully saturated rings. The second-order valence-electron chi connectivity index (χ2n) is 4.49. The predicted octanol–water partition coefficient (Wildman–Crippen LogP) is 3.96.